The van der Waals surface area contributed by atoms with Gasteiger partial charge in [0.1, 0.15) is 10.7 Å². The second-order valence-electron chi connectivity index (χ2n) is 6.60. The van der Waals surface area contributed by atoms with E-state index >= 15 is 0 Å². The first-order valence-electron chi connectivity index (χ1n) is 9.03. The van der Waals surface area contributed by atoms with Gasteiger partial charge in [0.15, 0.2) is 5.78 Å². The van der Waals surface area contributed by atoms with Crippen molar-refractivity contribution >= 4 is 34.8 Å². The standard InChI is InChI=1S/C23H17ClN2O2S/c1-15-22(25-20-4-2-3-13-26(20)23(15)28)29-14-16-5-7-17(8-6-16)21(27)18-9-11-19(24)12-10-18/h2-13H,14H2,1H3. The lowest BCUT2D eigenvalue weighted by Gasteiger charge is -2.08. The van der Waals surface area contributed by atoms with Gasteiger partial charge in [-0.2, -0.15) is 0 Å². The zero-order chi connectivity index (χ0) is 20.4. The third-order valence-electron chi connectivity index (χ3n) is 4.61. The molecular formula is C23H17ClN2O2S. The van der Waals surface area contributed by atoms with Crippen molar-refractivity contribution in [2.75, 3.05) is 0 Å². The summed E-state index contributed by atoms with van der Waals surface area (Å²) in [5.41, 5.74) is 3.49. The van der Waals surface area contributed by atoms with Crippen LogP contribution in [0, 0.1) is 6.92 Å². The molecule has 0 fully saturated rings. The van der Waals surface area contributed by atoms with Gasteiger partial charge in [-0.25, -0.2) is 4.98 Å². The van der Waals surface area contributed by atoms with E-state index < -0.39 is 0 Å². The fourth-order valence-corrected chi connectivity index (χ4v) is 4.05. The van der Waals surface area contributed by atoms with Crippen molar-refractivity contribution in [1.82, 2.24) is 9.38 Å². The Kier molecular flexibility index (Phi) is 5.51. The molecule has 0 aliphatic carbocycles. The van der Waals surface area contributed by atoms with Gasteiger partial charge < -0.3 is 0 Å². The van der Waals surface area contributed by atoms with Crippen LogP contribution >= 0.6 is 23.4 Å². The summed E-state index contributed by atoms with van der Waals surface area (Å²) in [5.74, 6) is 0.618. The van der Waals surface area contributed by atoms with E-state index in [-0.39, 0.29) is 11.3 Å². The lowest BCUT2D eigenvalue weighted by atomic mass is 10.0. The maximum absolute atomic E-state index is 12.6. The van der Waals surface area contributed by atoms with Crippen LogP contribution in [0.3, 0.4) is 0 Å². The van der Waals surface area contributed by atoms with Crippen LogP contribution in [0.5, 0.6) is 0 Å². The van der Waals surface area contributed by atoms with Crippen LogP contribution in [-0.2, 0) is 5.75 Å². The van der Waals surface area contributed by atoms with Gasteiger partial charge in [-0.15, -0.1) is 11.8 Å². The monoisotopic (exact) mass is 420 g/mol. The van der Waals surface area contributed by atoms with Gasteiger partial charge in [-0.05, 0) is 48.9 Å². The lowest BCUT2D eigenvalue weighted by Crippen LogP contribution is -2.18. The molecule has 0 aliphatic rings. The Morgan fingerprint density at radius 3 is 2.34 bits per heavy atom. The number of benzene rings is 2. The van der Waals surface area contributed by atoms with Gasteiger partial charge in [0, 0.05) is 33.7 Å². The summed E-state index contributed by atoms with van der Waals surface area (Å²) in [5, 5.41) is 1.33. The molecule has 0 radical (unpaired) electrons. The number of ketones is 1. The van der Waals surface area contributed by atoms with E-state index in [1.807, 2.05) is 42.5 Å². The van der Waals surface area contributed by atoms with Crippen LogP contribution in [0.25, 0.3) is 5.65 Å². The van der Waals surface area contributed by atoms with Crippen LogP contribution < -0.4 is 5.56 Å². The van der Waals surface area contributed by atoms with Gasteiger partial charge in [-0.1, -0.05) is 41.9 Å². The molecule has 2 aromatic carbocycles. The van der Waals surface area contributed by atoms with Crippen molar-refractivity contribution in [3.05, 3.63) is 111 Å². The van der Waals surface area contributed by atoms with Crippen LogP contribution in [0.15, 0.2) is 82.7 Å². The van der Waals surface area contributed by atoms with E-state index in [0.29, 0.717) is 33.1 Å². The van der Waals surface area contributed by atoms with E-state index in [4.69, 9.17) is 11.6 Å². The Balaban J connectivity index is 1.50. The summed E-state index contributed by atoms with van der Waals surface area (Å²) < 4.78 is 1.55. The SMILES string of the molecule is Cc1c(SCc2ccc(C(=O)c3ccc(Cl)cc3)cc2)nc2ccccn2c1=O. The van der Waals surface area contributed by atoms with Crippen molar-refractivity contribution < 1.29 is 4.79 Å². The van der Waals surface area contributed by atoms with E-state index in [2.05, 4.69) is 4.98 Å². The quantitative estimate of drug-likeness (QED) is 0.253. The second kappa shape index (κ2) is 8.23. The Hall–Kier alpha value is -2.89. The molecule has 4 aromatic rings. The highest BCUT2D eigenvalue weighted by Crippen LogP contribution is 2.24. The number of rotatable bonds is 5. The minimum absolute atomic E-state index is 0.0408. The van der Waals surface area contributed by atoms with Gasteiger partial charge in [0.2, 0.25) is 0 Å². The normalized spacial score (nSPS) is 11.0. The predicted molar refractivity (Wildman–Crippen MR) is 117 cm³/mol. The largest absolute Gasteiger partial charge is 0.289 e. The molecule has 0 N–H and O–H groups in total. The maximum Gasteiger partial charge on any atom is 0.261 e. The first-order chi connectivity index (χ1) is 14.0. The molecular weight excluding hydrogens is 404 g/mol. The molecule has 0 bridgehead atoms. The fourth-order valence-electron chi connectivity index (χ4n) is 2.97. The molecule has 2 heterocycles. The number of aromatic nitrogens is 2. The predicted octanol–water partition coefficient (Wildman–Crippen LogP) is 5.18. The Bertz CT molecular complexity index is 1250. The second-order valence-corrected chi connectivity index (χ2v) is 8.00. The van der Waals surface area contributed by atoms with Crippen molar-refractivity contribution in [3.63, 3.8) is 0 Å². The van der Waals surface area contributed by atoms with E-state index in [1.165, 1.54) is 11.8 Å². The number of halogens is 1. The summed E-state index contributed by atoms with van der Waals surface area (Å²) in [4.78, 5) is 29.7. The Morgan fingerprint density at radius 1 is 1.00 bits per heavy atom. The summed E-state index contributed by atoms with van der Waals surface area (Å²) in [7, 11) is 0. The highest BCUT2D eigenvalue weighted by molar-refractivity contribution is 7.98. The number of carbonyl (C=O) groups excluding carboxylic acids is 1. The lowest BCUT2D eigenvalue weighted by molar-refractivity contribution is 0.103. The van der Waals surface area contributed by atoms with Crippen molar-refractivity contribution in [1.29, 1.82) is 0 Å². The first-order valence-corrected chi connectivity index (χ1v) is 10.4. The van der Waals surface area contributed by atoms with E-state index in [9.17, 15) is 9.59 Å². The third kappa shape index (κ3) is 4.11. The topological polar surface area (TPSA) is 51.4 Å². The minimum Gasteiger partial charge on any atom is -0.289 e. The van der Waals surface area contributed by atoms with Gasteiger partial charge in [0.25, 0.3) is 5.56 Å². The zero-order valence-electron chi connectivity index (χ0n) is 15.6. The first kappa shape index (κ1) is 19.4. The highest BCUT2D eigenvalue weighted by atomic mass is 35.5. The molecule has 0 unspecified atom stereocenters. The third-order valence-corrected chi connectivity index (χ3v) is 6.01. The number of fused-ring (bicyclic) bond motifs is 1. The van der Waals surface area contributed by atoms with Gasteiger partial charge in [0.05, 0.1) is 0 Å². The van der Waals surface area contributed by atoms with E-state index in [1.54, 1.807) is 41.8 Å². The molecule has 2 aromatic heterocycles. The van der Waals surface area contributed by atoms with Gasteiger partial charge in [-0.3, -0.25) is 14.0 Å². The molecule has 0 aliphatic heterocycles. The van der Waals surface area contributed by atoms with Gasteiger partial charge >= 0.3 is 0 Å². The average molecular weight is 421 g/mol. The summed E-state index contributed by atoms with van der Waals surface area (Å²) in [6, 6.07) is 19.9. The van der Waals surface area contributed by atoms with Crippen LogP contribution in [0.2, 0.25) is 5.02 Å². The minimum atomic E-state index is -0.0537. The number of hydrogen-bond donors (Lipinski definition) is 0. The maximum atomic E-state index is 12.6. The molecule has 0 saturated heterocycles. The molecule has 0 amide bonds. The van der Waals surface area contributed by atoms with Crippen LogP contribution in [0.4, 0.5) is 0 Å². The van der Waals surface area contributed by atoms with Crippen LogP contribution in [-0.4, -0.2) is 15.2 Å². The molecule has 0 spiro atoms. The fraction of sp³-hybridized carbons (Fsp3) is 0.0870. The molecule has 6 heteroatoms. The number of hydrogen-bond acceptors (Lipinski definition) is 4. The molecule has 29 heavy (non-hydrogen) atoms. The van der Waals surface area contributed by atoms with Crippen molar-refractivity contribution in [2.45, 2.75) is 17.7 Å². The highest BCUT2D eigenvalue weighted by Gasteiger charge is 2.11. The summed E-state index contributed by atoms with van der Waals surface area (Å²) in [6.07, 6.45) is 1.72. The van der Waals surface area contributed by atoms with Crippen LogP contribution in [0.1, 0.15) is 27.0 Å². The molecule has 0 saturated carbocycles. The Morgan fingerprint density at radius 2 is 1.66 bits per heavy atom. The summed E-state index contributed by atoms with van der Waals surface area (Å²) >= 11 is 7.40. The average Bonchev–Trinajstić information content (AvgIpc) is 2.76. The number of thioether (sulfide) groups is 1. The zero-order valence-corrected chi connectivity index (χ0v) is 17.2. The smallest absolute Gasteiger partial charge is 0.261 e. The molecule has 0 atom stereocenters. The number of nitrogens with zero attached hydrogens (tertiary/aromatic N) is 2. The summed E-state index contributed by atoms with van der Waals surface area (Å²) in [6.45, 7) is 1.80. The molecule has 4 nitrogen and oxygen atoms in total. The molecule has 144 valence electrons. The molecule has 4 rings (SSSR count). The number of pyridine rings is 1. The van der Waals surface area contributed by atoms with Crippen molar-refractivity contribution in [2.24, 2.45) is 0 Å². The number of carbonyl (C=O) groups is 1. The van der Waals surface area contributed by atoms with E-state index in [0.717, 1.165) is 10.6 Å². The van der Waals surface area contributed by atoms with Crippen molar-refractivity contribution in [3.8, 4) is 0 Å². The Labute approximate surface area is 177 Å².